The minimum atomic E-state index is -6.63. The van der Waals surface area contributed by atoms with Crippen molar-refractivity contribution in [1.29, 1.82) is 5.26 Å². The summed E-state index contributed by atoms with van der Waals surface area (Å²) in [5, 5.41) is 5.91. The van der Waals surface area contributed by atoms with Crippen LogP contribution in [0.4, 0.5) is 43.9 Å². The highest BCUT2D eigenvalue weighted by Crippen LogP contribution is 2.48. The van der Waals surface area contributed by atoms with Crippen molar-refractivity contribution in [2.24, 2.45) is 0 Å². The van der Waals surface area contributed by atoms with Gasteiger partial charge in [0.25, 0.3) is 0 Å². The third-order valence-electron chi connectivity index (χ3n) is 2.78. The van der Waals surface area contributed by atoms with Crippen molar-refractivity contribution < 1.29 is 52.3 Å². The maximum absolute atomic E-state index is 13.0. The Balaban J connectivity index is 5.14. The highest BCUT2D eigenvalue weighted by molar-refractivity contribution is 7.92. The molecule has 0 fully saturated rings. The van der Waals surface area contributed by atoms with Gasteiger partial charge in [-0.05, 0) is 6.42 Å². The summed E-state index contributed by atoms with van der Waals surface area (Å²) in [6.45, 7) is 0. The van der Waals surface area contributed by atoms with Gasteiger partial charge in [-0.15, -0.1) is 0 Å². The minimum absolute atomic E-state index is 0.827. The van der Waals surface area contributed by atoms with Crippen LogP contribution in [0.1, 0.15) is 19.3 Å². The van der Waals surface area contributed by atoms with Crippen LogP contribution >= 0.6 is 0 Å². The highest BCUT2D eigenvalue weighted by Gasteiger charge is 2.72. The fraction of sp³-hybridized carbons (Fsp3) is 0.900. The van der Waals surface area contributed by atoms with Gasteiger partial charge in [-0.2, -0.15) is 49.2 Å². The standard InChI is InChI=1S/C10H9F10NO2S/c11-7(12,9(16,17)10(18,19)20)2-1-6(5-21)24(22,23)4-3-8(13,14)15/h6H,1-4H2. The quantitative estimate of drug-likeness (QED) is 0.613. The maximum Gasteiger partial charge on any atom is 0.459 e. The Morgan fingerprint density at radius 3 is 1.67 bits per heavy atom. The lowest BCUT2D eigenvalue weighted by molar-refractivity contribution is -0.355. The number of sulfone groups is 1. The van der Waals surface area contributed by atoms with Crippen molar-refractivity contribution in [3.8, 4) is 6.07 Å². The van der Waals surface area contributed by atoms with E-state index >= 15 is 0 Å². The zero-order valence-corrected chi connectivity index (χ0v) is 12.2. The van der Waals surface area contributed by atoms with Crippen LogP contribution in [0, 0.1) is 11.3 Å². The molecule has 0 saturated heterocycles. The Hall–Kier alpha value is -1.26. The van der Waals surface area contributed by atoms with Crippen LogP contribution in [0.2, 0.25) is 0 Å². The van der Waals surface area contributed by atoms with Gasteiger partial charge in [0.15, 0.2) is 9.84 Å². The first-order valence-electron chi connectivity index (χ1n) is 5.88. The molecule has 1 atom stereocenters. The van der Waals surface area contributed by atoms with Crippen molar-refractivity contribution in [3.63, 3.8) is 0 Å². The van der Waals surface area contributed by atoms with Gasteiger partial charge in [0.1, 0.15) is 5.25 Å². The number of nitrogens with zero attached hydrogens (tertiary/aromatic N) is 1. The van der Waals surface area contributed by atoms with Crippen LogP contribution in [0.25, 0.3) is 0 Å². The Labute approximate surface area is 129 Å². The number of nitriles is 1. The van der Waals surface area contributed by atoms with E-state index in [2.05, 4.69) is 0 Å². The Kier molecular flexibility index (Phi) is 6.56. The molecule has 0 bridgehead atoms. The molecular formula is C10H9F10NO2S. The largest absolute Gasteiger partial charge is 0.459 e. The fourth-order valence-corrected chi connectivity index (χ4v) is 2.84. The van der Waals surface area contributed by atoms with E-state index in [-0.39, 0.29) is 0 Å². The highest BCUT2D eigenvalue weighted by atomic mass is 32.2. The molecule has 0 heterocycles. The molecule has 0 saturated carbocycles. The molecule has 0 aromatic rings. The van der Waals surface area contributed by atoms with Crippen LogP contribution in [0.15, 0.2) is 0 Å². The SMILES string of the molecule is N#CC(CCC(F)(F)C(F)(F)C(F)(F)F)S(=O)(=O)CCC(F)(F)F. The van der Waals surface area contributed by atoms with E-state index in [1.54, 1.807) is 0 Å². The number of hydrogen-bond donors (Lipinski definition) is 0. The molecular weight excluding hydrogens is 388 g/mol. The van der Waals surface area contributed by atoms with Gasteiger partial charge < -0.3 is 0 Å². The molecule has 142 valence electrons. The first-order valence-corrected chi connectivity index (χ1v) is 7.59. The zero-order valence-electron chi connectivity index (χ0n) is 11.4. The normalized spacial score (nSPS) is 15.9. The number of rotatable bonds is 7. The topological polar surface area (TPSA) is 57.9 Å². The molecule has 0 aliphatic rings. The summed E-state index contributed by atoms with van der Waals surface area (Å²) < 4.78 is 145. The third-order valence-corrected chi connectivity index (χ3v) is 4.76. The average Bonchev–Trinajstić information content (AvgIpc) is 2.34. The molecule has 0 aliphatic carbocycles. The van der Waals surface area contributed by atoms with Crippen LogP contribution in [0.3, 0.4) is 0 Å². The monoisotopic (exact) mass is 397 g/mol. The maximum atomic E-state index is 13.0. The van der Waals surface area contributed by atoms with E-state index in [0.717, 1.165) is 6.07 Å². The number of hydrogen-bond acceptors (Lipinski definition) is 3. The lowest BCUT2D eigenvalue weighted by atomic mass is 10.0. The van der Waals surface area contributed by atoms with Gasteiger partial charge in [-0.3, -0.25) is 0 Å². The van der Waals surface area contributed by atoms with E-state index < -0.39 is 64.3 Å². The second-order valence-corrected chi connectivity index (χ2v) is 6.97. The second kappa shape index (κ2) is 6.93. The molecule has 0 rings (SSSR count). The van der Waals surface area contributed by atoms with Crippen molar-refractivity contribution in [3.05, 3.63) is 0 Å². The molecule has 0 aromatic heterocycles. The summed E-state index contributed by atoms with van der Waals surface area (Å²) in [6.07, 6.45) is -17.6. The van der Waals surface area contributed by atoms with E-state index in [4.69, 9.17) is 5.26 Å². The van der Waals surface area contributed by atoms with Gasteiger partial charge in [-0.1, -0.05) is 0 Å². The zero-order chi connectivity index (χ0) is 19.6. The summed E-state index contributed by atoms with van der Waals surface area (Å²) in [4.78, 5) is 0. The summed E-state index contributed by atoms with van der Waals surface area (Å²) in [7, 11) is -4.95. The predicted octanol–water partition coefficient (Wildman–Crippen LogP) is 3.86. The summed E-state index contributed by atoms with van der Waals surface area (Å²) >= 11 is 0. The van der Waals surface area contributed by atoms with Crippen LogP contribution in [0.5, 0.6) is 0 Å². The number of alkyl halides is 10. The molecule has 3 nitrogen and oxygen atoms in total. The molecule has 0 aromatic carbocycles. The second-order valence-electron chi connectivity index (χ2n) is 4.67. The van der Waals surface area contributed by atoms with Gasteiger partial charge in [-0.25, -0.2) is 8.42 Å². The summed E-state index contributed by atoms with van der Waals surface area (Å²) in [5.74, 6) is -13.9. The molecule has 1 unspecified atom stereocenters. The van der Waals surface area contributed by atoms with Gasteiger partial charge in [0.05, 0.1) is 18.2 Å². The van der Waals surface area contributed by atoms with E-state index in [9.17, 15) is 52.3 Å². The average molecular weight is 397 g/mol. The van der Waals surface area contributed by atoms with E-state index in [1.807, 2.05) is 0 Å². The van der Waals surface area contributed by atoms with Gasteiger partial charge in [0.2, 0.25) is 0 Å². The molecule has 0 amide bonds. The van der Waals surface area contributed by atoms with Crippen molar-refractivity contribution in [2.45, 2.75) is 48.7 Å². The Bertz CT molecular complexity index is 572. The first-order chi connectivity index (χ1) is 10.4. The Morgan fingerprint density at radius 1 is 0.875 bits per heavy atom. The summed E-state index contributed by atoms with van der Waals surface area (Å²) in [5.41, 5.74) is 0. The fourth-order valence-electron chi connectivity index (χ4n) is 1.40. The molecule has 0 aliphatic heterocycles. The lowest BCUT2D eigenvalue weighted by Crippen LogP contribution is -2.52. The van der Waals surface area contributed by atoms with Crippen molar-refractivity contribution >= 4 is 9.84 Å². The van der Waals surface area contributed by atoms with Crippen LogP contribution in [-0.4, -0.2) is 43.6 Å². The lowest BCUT2D eigenvalue weighted by Gasteiger charge is -2.28. The number of halogens is 10. The third kappa shape index (κ3) is 5.67. The van der Waals surface area contributed by atoms with E-state index in [0.29, 0.717) is 0 Å². The molecule has 14 heteroatoms. The van der Waals surface area contributed by atoms with Crippen molar-refractivity contribution in [2.75, 3.05) is 5.75 Å². The molecule has 0 N–H and O–H groups in total. The van der Waals surface area contributed by atoms with Gasteiger partial charge >= 0.3 is 24.2 Å². The van der Waals surface area contributed by atoms with Crippen LogP contribution in [-0.2, 0) is 9.84 Å². The minimum Gasteiger partial charge on any atom is -0.227 e. The smallest absolute Gasteiger partial charge is 0.227 e. The first kappa shape index (κ1) is 22.7. The van der Waals surface area contributed by atoms with Crippen molar-refractivity contribution in [1.82, 2.24) is 0 Å². The van der Waals surface area contributed by atoms with E-state index in [1.165, 1.54) is 0 Å². The molecule has 0 radical (unpaired) electrons. The predicted molar refractivity (Wildman–Crippen MR) is 59.0 cm³/mol. The molecule has 0 spiro atoms. The molecule has 24 heavy (non-hydrogen) atoms. The van der Waals surface area contributed by atoms with Crippen LogP contribution < -0.4 is 0 Å². The summed E-state index contributed by atoms with van der Waals surface area (Å²) in [6, 6.07) is 0.827. The Morgan fingerprint density at radius 2 is 1.33 bits per heavy atom. The van der Waals surface area contributed by atoms with Gasteiger partial charge in [0, 0.05) is 6.42 Å².